The van der Waals surface area contributed by atoms with E-state index >= 15 is 0 Å². The molecule has 0 aliphatic heterocycles. The van der Waals surface area contributed by atoms with Crippen molar-refractivity contribution in [3.8, 4) is 11.1 Å². The van der Waals surface area contributed by atoms with Gasteiger partial charge in [-0.2, -0.15) is 0 Å². The molecule has 3 rings (SSSR count). The lowest BCUT2D eigenvalue weighted by Crippen LogP contribution is -2.20. The van der Waals surface area contributed by atoms with Gasteiger partial charge in [0, 0.05) is 21.7 Å². The van der Waals surface area contributed by atoms with E-state index in [1.165, 1.54) is 11.3 Å². The number of aryl methyl sites for hydroxylation is 1. The van der Waals surface area contributed by atoms with Crippen molar-refractivity contribution in [3.63, 3.8) is 0 Å². The van der Waals surface area contributed by atoms with Crippen molar-refractivity contribution < 1.29 is 14.3 Å². The molecule has 2 N–H and O–H groups in total. The minimum absolute atomic E-state index is 0.248. The van der Waals surface area contributed by atoms with Crippen molar-refractivity contribution >= 4 is 45.6 Å². The van der Waals surface area contributed by atoms with Gasteiger partial charge in [-0.15, -0.1) is 11.3 Å². The molecule has 0 saturated heterocycles. The van der Waals surface area contributed by atoms with Crippen LogP contribution in [0, 0.1) is 6.92 Å². The minimum Gasteiger partial charge on any atom is -0.462 e. The summed E-state index contributed by atoms with van der Waals surface area (Å²) in [6, 6.07) is 14.1. The van der Waals surface area contributed by atoms with Gasteiger partial charge in [-0.1, -0.05) is 41.4 Å². The normalized spacial score (nSPS) is 10.4. The second-order valence-electron chi connectivity index (χ2n) is 6.03. The van der Waals surface area contributed by atoms with Crippen LogP contribution in [-0.2, 0) is 4.74 Å². The Morgan fingerprint density at radius 2 is 1.71 bits per heavy atom. The first-order valence-corrected chi connectivity index (χ1v) is 9.93. The van der Waals surface area contributed by atoms with Gasteiger partial charge < -0.3 is 10.1 Å². The zero-order valence-electron chi connectivity index (χ0n) is 15.4. The van der Waals surface area contributed by atoms with Crippen LogP contribution in [0.15, 0.2) is 53.9 Å². The molecule has 1 aromatic heterocycles. The fourth-order valence-electron chi connectivity index (χ4n) is 2.60. The number of benzene rings is 2. The number of rotatable bonds is 5. The van der Waals surface area contributed by atoms with Crippen LogP contribution >= 0.6 is 22.9 Å². The summed E-state index contributed by atoms with van der Waals surface area (Å²) in [6.07, 6.45) is 0. The summed E-state index contributed by atoms with van der Waals surface area (Å²) in [4.78, 5) is 25.0. The maximum absolute atomic E-state index is 12.6. The number of carbonyl (C=O) groups excluding carboxylic acids is 2. The molecule has 0 radical (unpaired) electrons. The molecule has 2 amide bonds. The molecule has 1 heterocycles. The van der Waals surface area contributed by atoms with Gasteiger partial charge >= 0.3 is 12.0 Å². The lowest BCUT2D eigenvalue weighted by molar-refractivity contribution is 0.0529. The first-order valence-electron chi connectivity index (χ1n) is 8.67. The van der Waals surface area contributed by atoms with E-state index in [0.29, 0.717) is 21.3 Å². The number of urea groups is 1. The number of hydrogen-bond acceptors (Lipinski definition) is 4. The highest BCUT2D eigenvalue weighted by Crippen LogP contribution is 2.36. The average molecular weight is 415 g/mol. The molecule has 0 spiro atoms. The number of thiophene rings is 1. The van der Waals surface area contributed by atoms with Gasteiger partial charge in [0.05, 0.1) is 6.61 Å². The van der Waals surface area contributed by atoms with E-state index in [0.717, 1.165) is 16.7 Å². The highest BCUT2D eigenvalue weighted by molar-refractivity contribution is 7.15. The van der Waals surface area contributed by atoms with E-state index in [9.17, 15) is 9.59 Å². The summed E-state index contributed by atoms with van der Waals surface area (Å²) in [5.74, 6) is -0.471. The van der Waals surface area contributed by atoms with Crippen molar-refractivity contribution in [3.05, 3.63) is 70.1 Å². The number of esters is 1. The third-order valence-corrected chi connectivity index (χ3v) is 5.11. The zero-order chi connectivity index (χ0) is 20.1. The van der Waals surface area contributed by atoms with Gasteiger partial charge in [-0.05, 0) is 43.7 Å². The summed E-state index contributed by atoms with van der Waals surface area (Å²) in [5.41, 5.74) is 3.68. The second-order valence-corrected chi connectivity index (χ2v) is 7.34. The Hall–Kier alpha value is -2.83. The van der Waals surface area contributed by atoms with Gasteiger partial charge in [0.15, 0.2) is 0 Å². The van der Waals surface area contributed by atoms with E-state index in [4.69, 9.17) is 16.3 Å². The highest BCUT2D eigenvalue weighted by Gasteiger charge is 2.22. The molecule has 0 bridgehead atoms. The third-order valence-electron chi connectivity index (χ3n) is 3.96. The number of carbonyl (C=O) groups is 2. The molecule has 28 heavy (non-hydrogen) atoms. The molecule has 0 unspecified atom stereocenters. The Labute approximate surface area is 172 Å². The Balaban J connectivity index is 1.87. The smallest absolute Gasteiger partial charge is 0.341 e. The quantitative estimate of drug-likeness (QED) is 0.488. The van der Waals surface area contributed by atoms with Crippen LogP contribution in [0.25, 0.3) is 11.1 Å². The number of nitrogens with one attached hydrogen (secondary N) is 2. The molecular formula is C21H19ClN2O3S. The topological polar surface area (TPSA) is 67.4 Å². The average Bonchev–Trinajstić information content (AvgIpc) is 3.08. The predicted octanol–water partition coefficient (Wildman–Crippen LogP) is 6.20. The van der Waals surface area contributed by atoms with Gasteiger partial charge in [-0.25, -0.2) is 9.59 Å². The Morgan fingerprint density at radius 1 is 1.04 bits per heavy atom. The largest absolute Gasteiger partial charge is 0.462 e. The molecule has 0 saturated carbocycles. The van der Waals surface area contributed by atoms with Crippen LogP contribution in [0.2, 0.25) is 5.02 Å². The lowest BCUT2D eigenvalue weighted by Gasteiger charge is -2.10. The van der Waals surface area contributed by atoms with E-state index in [1.54, 1.807) is 31.2 Å². The molecule has 144 valence electrons. The number of halogens is 1. The fraction of sp³-hybridized carbons (Fsp3) is 0.143. The van der Waals surface area contributed by atoms with Gasteiger partial charge in [0.1, 0.15) is 10.6 Å². The molecule has 0 atom stereocenters. The standard InChI is InChI=1S/C21H19ClN2O3S/c1-3-27-20(25)18-17(14-6-4-13(2)5-7-14)12-28-19(18)24-21(26)23-16-10-8-15(22)9-11-16/h4-12H,3H2,1-2H3,(H2,23,24,26). The van der Waals surface area contributed by atoms with E-state index in [2.05, 4.69) is 10.6 Å². The van der Waals surface area contributed by atoms with Crippen LogP contribution in [-0.4, -0.2) is 18.6 Å². The number of ether oxygens (including phenoxy) is 1. The van der Waals surface area contributed by atoms with Crippen LogP contribution in [0.1, 0.15) is 22.8 Å². The maximum atomic E-state index is 12.6. The van der Waals surface area contributed by atoms with Crippen molar-refractivity contribution in [2.24, 2.45) is 0 Å². The number of amides is 2. The molecule has 0 fully saturated rings. The monoisotopic (exact) mass is 414 g/mol. The van der Waals surface area contributed by atoms with Crippen LogP contribution in [0.3, 0.4) is 0 Å². The molecule has 5 nitrogen and oxygen atoms in total. The molecule has 2 aromatic carbocycles. The van der Waals surface area contributed by atoms with Crippen molar-refractivity contribution in [2.45, 2.75) is 13.8 Å². The Bertz CT molecular complexity index is 982. The van der Waals surface area contributed by atoms with Gasteiger partial charge in [0.25, 0.3) is 0 Å². The molecule has 0 aliphatic rings. The van der Waals surface area contributed by atoms with Crippen molar-refractivity contribution in [1.29, 1.82) is 0 Å². The van der Waals surface area contributed by atoms with Crippen LogP contribution < -0.4 is 10.6 Å². The van der Waals surface area contributed by atoms with Crippen molar-refractivity contribution in [1.82, 2.24) is 0 Å². The first kappa shape index (κ1) is 19.9. The molecule has 3 aromatic rings. The van der Waals surface area contributed by atoms with Crippen LogP contribution in [0.4, 0.5) is 15.5 Å². The first-order chi connectivity index (χ1) is 13.5. The van der Waals surface area contributed by atoms with Crippen LogP contribution in [0.5, 0.6) is 0 Å². The SMILES string of the molecule is CCOC(=O)c1c(-c2ccc(C)cc2)csc1NC(=O)Nc1ccc(Cl)cc1. The Morgan fingerprint density at radius 3 is 2.36 bits per heavy atom. The maximum Gasteiger partial charge on any atom is 0.341 e. The van der Waals surface area contributed by atoms with E-state index < -0.39 is 12.0 Å². The minimum atomic E-state index is -0.471. The third kappa shape index (κ3) is 4.71. The number of anilines is 2. The van der Waals surface area contributed by atoms with Gasteiger partial charge in [0.2, 0.25) is 0 Å². The summed E-state index contributed by atoms with van der Waals surface area (Å²) >= 11 is 7.13. The summed E-state index contributed by atoms with van der Waals surface area (Å²) in [5, 5.41) is 8.32. The van der Waals surface area contributed by atoms with E-state index in [-0.39, 0.29) is 6.61 Å². The highest BCUT2D eigenvalue weighted by atomic mass is 35.5. The second kappa shape index (κ2) is 8.91. The zero-order valence-corrected chi connectivity index (χ0v) is 17.0. The molecular weight excluding hydrogens is 396 g/mol. The Kier molecular flexibility index (Phi) is 6.34. The van der Waals surface area contributed by atoms with E-state index in [1.807, 2.05) is 36.6 Å². The number of hydrogen-bond donors (Lipinski definition) is 2. The fourth-order valence-corrected chi connectivity index (χ4v) is 3.68. The molecule has 0 aliphatic carbocycles. The predicted molar refractivity (Wildman–Crippen MR) is 115 cm³/mol. The van der Waals surface area contributed by atoms with Gasteiger partial charge in [-0.3, -0.25) is 5.32 Å². The molecule has 7 heteroatoms. The summed E-state index contributed by atoms with van der Waals surface area (Å²) < 4.78 is 5.21. The van der Waals surface area contributed by atoms with Crippen molar-refractivity contribution in [2.75, 3.05) is 17.2 Å². The summed E-state index contributed by atoms with van der Waals surface area (Å²) in [6.45, 7) is 3.99. The summed E-state index contributed by atoms with van der Waals surface area (Å²) in [7, 11) is 0. The lowest BCUT2D eigenvalue weighted by atomic mass is 10.0.